The van der Waals surface area contributed by atoms with E-state index in [0.717, 1.165) is 6.54 Å². The molecule has 2 heteroatoms. The predicted octanol–water partition coefficient (Wildman–Crippen LogP) is 4.75. The van der Waals surface area contributed by atoms with E-state index in [2.05, 4.69) is 6.92 Å². The molecule has 0 aliphatic heterocycles. The summed E-state index contributed by atoms with van der Waals surface area (Å²) in [6, 6.07) is 0.457. The van der Waals surface area contributed by atoms with Crippen LogP contribution >= 0.6 is 0 Å². The van der Waals surface area contributed by atoms with Crippen LogP contribution in [0.5, 0.6) is 0 Å². The first-order valence-electron chi connectivity index (χ1n) is 8.77. The lowest BCUT2D eigenvalue weighted by Crippen LogP contribution is -2.19. The van der Waals surface area contributed by atoms with Gasteiger partial charge in [0, 0.05) is 6.04 Å². The normalized spacial score (nSPS) is 12.8. The van der Waals surface area contributed by atoms with Gasteiger partial charge in [0.05, 0.1) is 0 Å². The van der Waals surface area contributed by atoms with Crippen molar-refractivity contribution in [2.45, 2.75) is 103 Å². The quantitative estimate of drug-likeness (QED) is 0.422. The molecule has 0 rings (SSSR count). The lowest BCUT2D eigenvalue weighted by molar-refractivity contribution is 0.484. The molecule has 0 aliphatic carbocycles. The maximum atomic E-state index is 6.15. The maximum absolute atomic E-state index is 6.15. The van der Waals surface area contributed by atoms with Crippen molar-refractivity contribution < 1.29 is 0 Å². The molecule has 0 heterocycles. The monoisotopic (exact) mass is 270 g/mol. The average Bonchev–Trinajstić information content (AvgIpc) is 2.41. The number of nitrogens with two attached hydrogens (primary N) is 2. The van der Waals surface area contributed by atoms with Gasteiger partial charge >= 0.3 is 0 Å². The molecule has 0 aliphatic rings. The zero-order valence-corrected chi connectivity index (χ0v) is 13.3. The van der Waals surface area contributed by atoms with Gasteiger partial charge in [0.1, 0.15) is 0 Å². The highest BCUT2D eigenvalue weighted by Crippen LogP contribution is 2.12. The van der Waals surface area contributed by atoms with Crippen molar-refractivity contribution in [3.8, 4) is 0 Å². The molecule has 0 aromatic heterocycles. The van der Waals surface area contributed by atoms with Gasteiger partial charge in [0.2, 0.25) is 0 Å². The molecule has 1 unspecified atom stereocenters. The van der Waals surface area contributed by atoms with Gasteiger partial charge in [-0.25, -0.2) is 0 Å². The molecular weight excluding hydrogens is 232 g/mol. The summed E-state index contributed by atoms with van der Waals surface area (Å²) in [4.78, 5) is 0. The first kappa shape index (κ1) is 18.9. The van der Waals surface area contributed by atoms with Gasteiger partial charge in [-0.05, 0) is 25.8 Å². The number of unbranched alkanes of at least 4 members (excludes halogenated alkanes) is 10. The first-order valence-corrected chi connectivity index (χ1v) is 8.77. The summed E-state index contributed by atoms with van der Waals surface area (Å²) in [5.41, 5.74) is 11.6. The fourth-order valence-corrected chi connectivity index (χ4v) is 2.59. The summed E-state index contributed by atoms with van der Waals surface area (Å²) in [7, 11) is 0. The van der Waals surface area contributed by atoms with Crippen molar-refractivity contribution in [2.24, 2.45) is 11.5 Å². The Morgan fingerprint density at radius 2 is 1.05 bits per heavy atom. The van der Waals surface area contributed by atoms with Crippen molar-refractivity contribution in [3.63, 3.8) is 0 Å². The highest BCUT2D eigenvalue weighted by molar-refractivity contribution is 4.61. The van der Waals surface area contributed by atoms with E-state index in [-0.39, 0.29) is 0 Å². The van der Waals surface area contributed by atoms with E-state index in [1.54, 1.807) is 0 Å². The Bertz CT molecular complexity index is 159. The van der Waals surface area contributed by atoms with Gasteiger partial charge < -0.3 is 11.5 Å². The third kappa shape index (κ3) is 15.9. The topological polar surface area (TPSA) is 52.0 Å². The van der Waals surface area contributed by atoms with E-state index in [0.29, 0.717) is 6.04 Å². The fraction of sp³-hybridized carbons (Fsp3) is 1.00. The van der Waals surface area contributed by atoms with Crippen LogP contribution in [0.4, 0.5) is 0 Å². The highest BCUT2D eigenvalue weighted by atomic mass is 14.6. The Balaban J connectivity index is 3.09. The molecule has 0 spiro atoms. The van der Waals surface area contributed by atoms with Crippen LogP contribution in [-0.4, -0.2) is 12.6 Å². The molecule has 0 bridgehead atoms. The molecule has 0 amide bonds. The third-order valence-electron chi connectivity index (χ3n) is 3.96. The van der Waals surface area contributed by atoms with Gasteiger partial charge in [-0.3, -0.25) is 0 Å². The second-order valence-corrected chi connectivity index (χ2v) is 6.02. The molecule has 0 saturated carbocycles. The van der Waals surface area contributed by atoms with Crippen LogP contribution < -0.4 is 11.5 Å². The van der Waals surface area contributed by atoms with Crippen LogP contribution in [-0.2, 0) is 0 Å². The minimum Gasteiger partial charge on any atom is -0.330 e. The van der Waals surface area contributed by atoms with Crippen LogP contribution in [0.3, 0.4) is 0 Å². The van der Waals surface area contributed by atoms with Crippen LogP contribution in [0.1, 0.15) is 96.8 Å². The lowest BCUT2D eigenvalue weighted by atomic mass is 10.0. The molecule has 116 valence electrons. The van der Waals surface area contributed by atoms with E-state index >= 15 is 0 Å². The van der Waals surface area contributed by atoms with Gasteiger partial charge in [0.15, 0.2) is 0 Å². The maximum Gasteiger partial charge on any atom is 0.00388 e. The summed E-state index contributed by atoms with van der Waals surface area (Å²) in [5, 5.41) is 0. The van der Waals surface area contributed by atoms with E-state index in [9.17, 15) is 0 Å². The summed E-state index contributed by atoms with van der Waals surface area (Å²) < 4.78 is 0. The number of hydrogen-bond acceptors (Lipinski definition) is 2. The molecule has 0 aromatic carbocycles. The first-order chi connectivity index (χ1) is 9.31. The smallest absolute Gasteiger partial charge is 0.00388 e. The Labute approximate surface area is 121 Å². The second-order valence-electron chi connectivity index (χ2n) is 6.02. The van der Waals surface area contributed by atoms with Crippen LogP contribution in [0, 0.1) is 0 Å². The van der Waals surface area contributed by atoms with Crippen molar-refractivity contribution in [3.05, 3.63) is 0 Å². The largest absolute Gasteiger partial charge is 0.330 e. The Hall–Kier alpha value is -0.0800. The molecular formula is C17H38N2. The Morgan fingerprint density at radius 3 is 1.53 bits per heavy atom. The summed E-state index contributed by atoms with van der Waals surface area (Å²) >= 11 is 0. The van der Waals surface area contributed by atoms with Gasteiger partial charge in [-0.1, -0.05) is 77.6 Å². The van der Waals surface area contributed by atoms with Gasteiger partial charge in [-0.2, -0.15) is 0 Å². The molecule has 0 aromatic rings. The van der Waals surface area contributed by atoms with Crippen molar-refractivity contribution >= 4 is 0 Å². The summed E-state index contributed by atoms with van der Waals surface area (Å²) in [6.07, 6.45) is 18.6. The van der Waals surface area contributed by atoms with E-state index in [1.165, 1.54) is 89.9 Å². The second kappa shape index (κ2) is 16.0. The summed E-state index contributed by atoms with van der Waals surface area (Å²) in [5.74, 6) is 0. The number of hydrogen-bond donors (Lipinski definition) is 2. The van der Waals surface area contributed by atoms with Crippen molar-refractivity contribution in [1.29, 1.82) is 0 Å². The highest BCUT2D eigenvalue weighted by Gasteiger charge is 2.02. The van der Waals surface area contributed by atoms with Crippen LogP contribution in [0.15, 0.2) is 0 Å². The minimum absolute atomic E-state index is 0.457. The zero-order chi connectivity index (χ0) is 14.2. The minimum atomic E-state index is 0.457. The van der Waals surface area contributed by atoms with Gasteiger partial charge in [-0.15, -0.1) is 0 Å². The van der Waals surface area contributed by atoms with Crippen molar-refractivity contribution in [2.75, 3.05) is 6.54 Å². The lowest BCUT2D eigenvalue weighted by Gasteiger charge is -2.11. The molecule has 0 fully saturated rings. The molecule has 19 heavy (non-hydrogen) atoms. The van der Waals surface area contributed by atoms with Crippen LogP contribution in [0.25, 0.3) is 0 Å². The van der Waals surface area contributed by atoms with Crippen LogP contribution in [0.2, 0.25) is 0 Å². The zero-order valence-electron chi connectivity index (χ0n) is 13.3. The average molecular weight is 271 g/mol. The SMILES string of the molecule is CCCCCCCC(N)CCCCCCCCCN. The number of rotatable bonds is 15. The molecule has 0 saturated heterocycles. The molecule has 1 atom stereocenters. The third-order valence-corrected chi connectivity index (χ3v) is 3.96. The fourth-order valence-electron chi connectivity index (χ4n) is 2.59. The van der Waals surface area contributed by atoms with E-state index in [4.69, 9.17) is 11.5 Å². The predicted molar refractivity (Wildman–Crippen MR) is 87.3 cm³/mol. The van der Waals surface area contributed by atoms with Crippen molar-refractivity contribution in [1.82, 2.24) is 0 Å². The summed E-state index contributed by atoms with van der Waals surface area (Å²) in [6.45, 7) is 3.12. The van der Waals surface area contributed by atoms with E-state index < -0.39 is 0 Å². The Morgan fingerprint density at radius 1 is 0.632 bits per heavy atom. The van der Waals surface area contributed by atoms with E-state index in [1.807, 2.05) is 0 Å². The molecule has 4 N–H and O–H groups in total. The molecule has 2 nitrogen and oxygen atoms in total. The standard InChI is InChI=1S/C17H38N2/c1-2-3-4-8-11-14-17(19)15-12-9-6-5-7-10-13-16-18/h17H,2-16,18-19H2,1H3. The Kier molecular flexibility index (Phi) is 15.9. The van der Waals surface area contributed by atoms with Gasteiger partial charge in [0.25, 0.3) is 0 Å². The molecule has 0 radical (unpaired) electrons.